The zero-order chi connectivity index (χ0) is 26.6. The molecule has 10 heteroatoms. The number of carbonyl (C=O) groups is 1. The number of hydrogen-bond donors (Lipinski definition) is 1. The predicted octanol–water partition coefficient (Wildman–Crippen LogP) is 5.58. The second-order valence-corrected chi connectivity index (χ2v) is 10.2. The van der Waals surface area contributed by atoms with Crippen LogP contribution in [0, 0.1) is 6.92 Å². The number of halogens is 3. The molecule has 1 N–H and O–H groups in total. The van der Waals surface area contributed by atoms with Crippen LogP contribution in [0.4, 0.5) is 13.2 Å². The van der Waals surface area contributed by atoms with Crippen molar-refractivity contribution in [2.45, 2.75) is 63.9 Å². The zero-order valence-corrected chi connectivity index (χ0v) is 20.8. The van der Waals surface area contributed by atoms with Crippen molar-refractivity contribution in [2.75, 3.05) is 13.2 Å². The Morgan fingerprint density at radius 2 is 2.03 bits per heavy atom. The molecule has 6 rings (SSSR count). The molecule has 2 atom stereocenters. The quantitative estimate of drug-likeness (QED) is 0.447. The first-order valence-electron chi connectivity index (χ1n) is 12.7. The fraction of sp³-hybridized carbons (Fsp3) is 0.429. The van der Waals surface area contributed by atoms with Gasteiger partial charge in [0.2, 0.25) is 0 Å². The second kappa shape index (κ2) is 9.34. The summed E-state index contributed by atoms with van der Waals surface area (Å²) in [5.41, 5.74) is 2.79. The molecule has 0 bridgehead atoms. The predicted molar refractivity (Wildman–Crippen MR) is 129 cm³/mol. The van der Waals surface area contributed by atoms with E-state index in [9.17, 15) is 18.0 Å². The first-order valence-corrected chi connectivity index (χ1v) is 12.7. The fourth-order valence-electron chi connectivity index (χ4n) is 5.92. The average molecular weight is 529 g/mol. The molecule has 38 heavy (non-hydrogen) atoms. The molecule has 3 aliphatic rings. The molecule has 1 aliphatic carbocycles. The number of carboxylic acid groups (broad SMARTS) is 1. The van der Waals surface area contributed by atoms with Gasteiger partial charge in [-0.25, -0.2) is 4.98 Å². The molecular formula is C28H27F3N2O5. The van der Waals surface area contributed by atoms with Crippen LogP contribution in [-0.2, 0) is 36.9 Å². The number of hydrogen-bond acceptors (Lipinski definition) is 6. The van der Waals surface area contributed by atoms with Crippen LogP contribution in [0.25, 0.3) is 0 Å². The van der Waals surface area contributed by atoms with E-state index in [1.807, 2.05) is 11.0 Å². The lowest BCUT2D eigenvalue weighted by Crippen LogP contribution is -2.31. The molecule has 0 spiro atoms. The number of oxazole rings is 1. The highest BCUT2D eigenvalue weighted by Crippen LogP contribution is 2.44. The van der Waals surface area contributed by atoms with Gasteiger partial charge in [0.15, 0.2) is 5.89 Å². The summed E-state index contributed by atoms with van der Waals surface area (Å²) >= 11 is 0. The van der Waals surface area contributed by atoms with E-state index in [2.05, 4.69) is 4.98 Å². The van der Waals surface area contributed by atoms with Crippen molar-refractivity contribution in [3.05, 3.63) is 75.5 Å². The van der Waals surface area contributed by atoms with E-state index < -0.39 is 17.7 Å². The largest absolute Gasteiger partial charge is 0.492 e. The molecule has 0 radical (unpaired) electrons. The van der Waals surface area contributed by atoms with E-state index in [0.29, 0.717) is 67.5 Å². The van der Waals surface area contributed by atoms with E-state index in [1.165, 1.54) is 6.07 Å². The number of nitrogens with zero attached hydrogens (tertiary/aromatic N) is 2. The van der Waals surface area contributed by atoms with E-state index in [-0.39, 0.29) is 25.0 Å². The van der Waals surface area contributed by atoms with Crippen LogP contribution in [0.5, 0.6) is 11.5 Å². The molecule has 0 amide bonds. The van der Waals surface area contributed by atoms with Crippen LogP contribution in [0.2, 0.25) is 0 Å². The summed E-state index contributed by atoms with van der Waals surface area (Å²) in [6.45, 7) is 3.29. The van der Waals surface area contributed by atoms with Crippen LogP contribution in [0.3, 0.4) is 0 Å². The summed E-state index contributed by atoms with van der Waals surface area (Å²) < 4.78 is 59.7. The molecule has 3 aromatic rings. The van der Waals surface area contributed by atoms with Gasteiger partial charge in [-0.1, -0.05) is 12.1 Å². The highest BCUT2D eigenvalue weighted by atomic mass is 19.4. The van der Waals surface area contributed by atoms with E-state index in [4.69, 9.17) is 19.0 Å². The van der Waals surface area contributed by atoms with Crippen LogP contribution in [0.15, 0.2) is 34.7 Å². The smallest absolute Gasteiger partial charge is 0.416 e. The molecule has 0 fully saturated rings. The number of aromatic nitrogens is 1. The van der Waals surface area contributed by atoms with Crippen molar-refractivity contribution in [3.8, 4) is 11.5 Å². The van der Waals surface area contributed by atoms with Gasteiger partial charge in [0, 0.05) is 50.5 Å². The molecule has 3 heterocycles. The number of aryl methyl sites for hydroxylation is 1. The van der Waals surface area contributed by atoms with Crippen LogP contribution in [-0.4, -0.2) is 34.1 Å². The number of rotatable bonds is 6. The summed E-state index contributed by atoms with van der Waals surface area (Å²) in [5, 5.41) is 9.12. The van der Waals surface area contributed by atoms with E-state index in [0.717, 1.165) is 22.6 Å². The Morgan fingerprint density at radius 3 is 2.82 bits per heavy atom. The second-order valence-electron chi connectivity index (χ2n) is 10.2. The van der Waals surface area contributed by atoms with Gasteiger partial charge in [-0.15, -0.1) is 0 Å². The SMILES string of the molecule is Cc1nc2c(o1)CCN(Cc1c(C(F)(F)F)ccc3c1CC[C@H]3Oc1ccc3c(c1)OCC3CC(=O)O)C2. The minimum atomic E-state index is -4.46. The normalized spacial score (nSPS) is 20.5. The number of aliphatic carboxylic acids is 1. The van der Waals surface area contributed by atoms with Crippen molar-refractivity contribution in [1.29, 1.82) is 0 Å². The third-order valence-electron chi connectivity index (χ3n) is 7.64. The van der Waals surface area contributed by atoms with Crippen molar-refractivity contribution in [2.24, 2.45) is 0 Å². The zero-order valence-electron chi connectivity index (χ0n) is 20.8. The Kier molecular flexibility index (Phi) is 6.09. The maximum absolute atomic E-state index is 14.1. The van der Waals surface area contributed by atoms with Gasteiger partial charge in [-0.3, -0.25) is 9.69 Å². The number of ether oxygens (including phenoxy) is 2. The van der Waals surface area contributed by atoms with Crippen LogP contribution >= 0.6 is 0 Å². The third-order valence-corrected chi connectivity index (χ3v) is 7.64. The summed E-state index contributed by atoms with van der Waals surface area (Å²) in [4.78, 5) is 17.5. The summed E-state index contributed by atoms with van der Waals surface area (Å²) in [6, 6.07) is 8.05. The Balaban J connectivity index is 1.25. The monoisotopic (exact) mass is 528 g/mol. The van der Waals surface area contributed by atoms with Gasteiger partial charge in [0.1, 0.15) is 23.4 Å². The Morgan fingerprint density at radius 1 is 1.21 bits per heavy atom. The Hall–Kier alpha value is -3.53. The average Bonchev–Trinajstić information content (AvgIpc) is 3.54. The van der Waals surface area contributed by atoms with E-state index >= 15 is 0 Å². The van der Waals surface area contributed by atoms with Crippen molar-refractivity contribution >= 4 is 5.97 Å². The maximum atomic E-state index is 14.1. The minimum Gasteiger partial charge on any atom is -0.492 e. The lowest BCUT2D eigenvalue weighted by Gasteiger charge is -2.28. The summed E-state index contributed by atoms with van der Waals surface area (Å²) in [5.74, 6) is 1.43. The lowest BCUT2D eigenvalue weighted by molar-refractivity contribution is -0.139. The third kappa shape index (κ3) is 4.62. The van der Waals surface area contributed by atoms with Crippen molar-refractivity contribution in [1.82, 2.24) is 9.88 Å². The lowest BCUT2D eigenvalue weighted by atomic mass is 9.95. The standard InChI is InChI=1S/C28H27F3N2O5/c1-15-32-23-13-33(9-8-25(23)37-15)12-21-19-5-7-24(20(19)4-6-22(21)28(29,30)31)38-17-2-3-18-16(10-27(34)35)14-36-26(18)11-17/h2-4,6,11,16,24H,5,7-10,12-14H2,1H3,(H,34,35)/t16?,24-/m1/s1. The number of alkyl halides is 3. The summed E-state index contributed by atoms with van der Waals surface area (Å²) in [6.07, 6.45) is -3.18. The fourth-order valence-corrected chi connectivity index (χ4v) is 5.92. The molecule has 2 aromatic carbocycles. The van der Waals surface area contributed by atoms with Crippen LogP contribution in [0.1, 0.15) is 70.0 Å². The molecule has 200 valence electrons. The first kappa shape index (κ1) is 24.8. The number of benzene rings is 2. The van der Waals surface area contributed by atoms with Crippen molar-refractivity contribution < 1.29 is 37.0 Å². The van der Waals surface area contributed by atoms with Gasteiger partial charge in [0.05, 0.1) is 24.3 Å². The van der Waals surface area contributed by atoms with Gasteiger partial charge < -0.3 is 19.0 Å². The maximum Gasteiger partial charge on any atom is 0.416 e. The molecule has 7 nitrogen and oxygen atoms in total. The van der Waals surface area contributed by atoms with Gasteiger partial charge >= 0.3 is 12.1 Å². The van der Waals surface area contributed by atoms with Crippen molar-refractivity contribution in [3.63, 3.8) is 0 Å². The Labute approximate surface area is 217 Å². The highest BCUT2D eigenvalue weighted by Gasteiger charge is 2.38. The van der Waals surface area contributed by atoms with Gasteiger partial charge in [0.25, 0.3) is 0 Å². The summed E-state index contributed by atoms with van der Waals surface area (Å²) in [7, 11) is 0. The number of fused-ring (bicyclic) bond motifs is 3. The molecule has 2 aliphatic heterocycles. The van der Waals surface area contributed by atoms with E-state index in [1.54, 1.807) is 25.1 Å². The molecule has 1 aromatic heterocycles. The molecular weight excluding hydrogens is 501 g/mol. The highest BCUT2D eigenvalue weighted by molar-refractivity contribution is 5.68. The molecule has 0 saturated heterocycles. The number of carboxylic acids is 1. The molecule has 1 unspecified atom stereocenters. The van der Waals surface area contributed by atoms with Crippen LogP contribution < -0.4 is 9.47 Å². The first-order chi connectivity index (χ1) is 18.2. The Bertz CT molecular complexity index is 1400. The topological polar surface area (TPSA) is 85.0 Å². The minimum absolute atomic E-state index is 0.0118. The molecule has 0 saturated carbocycles. The van der Waals surface area contributed by atoms with Gasteiger partial charge in [-0.05, 0) is 41.7 Å². The van der Waals surface area contributed by atoms with Gasteiger partial charge in [-0.2, -0.15) is 13.2 Å².